The molecule has 0 spiro atoms. The van der Waals surface area contributed by atoms with Crippen molar-refractivity contribution in [2.75, 3.05) is 40.4 Å². The first-order valence-corrected chi connectivity index (χ1v) is 10.1. The number of piperidine rings is 1. The van der Waals surface area contributed by atoms with E-state index in [2.05, 4.69) is 4.99 Å². The molecule has 168 valence electrons. The van der Waals surface area contributed by atoms with E-state index >= 15 is 0 Å². The van der Waals surface area contributed by atoms with Crippen molar-refractivity contribution in [1.82, 2.24) is 4.90 Å². The quantitative estimate of drug-likeness (QED) is 0.687. The highest BCUT2D eigenvalue weighted by molar-refractivity contribution is 6.25. The van der Waals surface area contributed by atoms with Gasteiger partial charge in [0.15, 0.2) is 11.5 Å². The van der Waals surface area contributed by atoms with Gasteiger partial charge in [-0.05, 0) is 17.7 Å². The molecule has 0 aromatic heterocycles. The number of carbonyl (C=O) groups excluding carboxylic acids is 2. The van der Waals surface area contributed by atoms with Gasteiger partial charge in [-0.2, -0.15) is 4.99 Å². The molecule has 0 N–H and O–H groups in total. The lowest BCUT2D eigenvalue weighted by atomic mass is 9.83. The largest absolute Gasteiger partial charge is 0.497 e. The van der Waals surface area contributed by atoms with Crippen LogP contribution in [0.15, 0.2) is 41.4 Å². The lowest BCUT2D eigenvalue weighted by molar-refractivity contribution is -0.118. The highest BCUT2D eigenvalue weighted by Gasteiger charge is 2.48. The first-order chi connectivity index (χ1) is 15.4. The number of benzene rings is 2. The molecule has 2 aliphatic rings. The van der Waals surface area contributed by atoms with Crippen LogP contribution in [-0.2, 0) is 4.79 Å². The third-order valence-electron chi connectivity index (χ3n) is 5.90. The van der Waals surface area contributed by atoms with Crippen LogP contribution >= 0.6 is 0 Å². The average molecular weight is 439 g/mol. The minimum absolute atomic E-state index is 0.182. The molecule has 0 bridgehead atoms. The molecule has 9 nitrogen and oxygen atoms in total. The van der Waals surface area contributed by atoms with Gasteiger partial charge in [0.25, 0.3) is 0 Å². The minimum Gasteiger partial charge on any atom is -0.497 e. The van der Waals surface area contributed by atoms with Crippen LogP contribution in [0.1, 0.15) is 17.9 Å². The van der Waals surface area contributed by atoms with Gasteiger partial charge in [0, 0.05) is 31.5 Å². The van der Waals surface area contributed by atoms with Gasteiger partial charge in [0.1, 0.15) is 11.6 Å². The number of aliphatic imine (C=N–C) groups is 1. The summed E-state index contributed by atoms with van der Waals surface area (Å²) in [5.74, 6) is 1.91. The molecule has 0 radical (unpaired) electrons. The van der Waals surface area contributed by atoms with Crippen LogP contribution in [0.2, 0.25) is 0 Å². The number of hydrogen-bond acceptors (Lipinski definition) is 6. The number of likely N-dealkylation sites (N-methyl/N-ethyl adjacent to an activating group) is 1. The molecule has 1 saturated heterocycles. The van der Waals surface area contributed by atoms with E-state index in [0.29, 0.717) is 28.8 Å². The number of carbonyl (C=O) groups is 2. The molecule has 0 saturated carbocycles. The maximum absolute atomic E-state index is 13.4. The van der Waals surface area contributed by atoms with E-state index in [1.165, 1.54) is 26.2 Å². The van der Waals surface area contributed by atoms with Crippen molar-refractivity contribution >= 4 is 23.5 Å². The fourth-order valence-electron chi connectivity index (χ4n) is 4.31. The summed E-state index contributed by atoms with van der Waals surface area (Å²) >= 11 is 0. The second kappa shape index (κ2) is 8.41. The topological polar surface area (TPSA) is 89.9 Å². The summed E-state index contributed by atoms with van der Waals surface area (Å²) in [4.78, 5) is 33.2. The third kappa shape index (κ3) is 3.39. The number of nitrogens with zero attached hydrogens (tertiary/aromatic N) is 3. The number of ether oxygens (including phenoxy) is 4. The molecular formula is C23H25N3O6. The summed E-state index contributed by atoms with van der Waals surface area (Å²) < 4.78 is 21.5. The summed E-state index contributed by atoms with van der Waals surface area (Å²) in [6.07, 6.45) is 0.199. The van der Waals surface area contributed by atoms with Gasteiger partial charge in [-0.25, -0.2) is 4.79 Å². The molecule has 2 atom stereocenters. The SMILES string of the molecule is COc1ccc([C@H]2CC(=O)N(c3cc(OC)c(OC)c(OC)c3)C3=NC(=O)N(C)[C@@H]32)cc1. The third-order valence-corrected chi connectivity index (χ3v) is 5.90. The van der Waals surface area contributed by atoms with Gasteiger partial charge in [0.2, 0.25) is 11.7 Å². The summed E-state index contributed by atoms with van der Waals surface area (Å²) in [5, 5.41) is 0. The molecular weight excluding hydrogens is 414 g/mol. The van der Waals surface area contributed by atoms with Crippen molar-refractivity contribution in [2.24, 2.45) is 4.99 Å². The smallest absolute Gasteiger partial charge is 0.345 e. The van der Waals surface area contributed by atoms with Crippen LogP contribution in [0.25, 0.3) is 0 Å². The van der Waals surface area contributed by atoms with Crippen molar-refractivity contribution in [3.63, 3.8) is 0 Å². The molecule has 2 aromatic rings. The Hall–Kier alpha value is -3.75. The lowest BCUT2D eigenvalue weighted by Gasteiger charge is -2.39. The van der Waals surface area contributed by atoms with Crippen molar-refractivity contribution < 1.29 is 28.5 Å². The van der Waals surface area contributed by atoms with Gasteiger partial charge in [-0.1, -0.05) is 12.1 Å². The van der Waals surface area contributed by atoms with Crippen molar-refractivity contribution in [3.05, 3.63) is 42.0 Å². The zero-order valence-electron chi connectivity index (χ0n) is 18.6. The Morgan fingerprint density at radius 3 is 2.06 bits per heavy atom. The van der Waals surface area contributed by atoms with E-state index < -0.39 is 12.1 Å². The molecule has 0 aliphatic carbocycles. The summed E-state index contributed by atoms with van der Waals surface area (Å²) in [6, 6.07) is 10.1. The van der Waals surface area contributed by atoms with Crippen LogP contribution in [-0.4, -0.2) is 64.2 Å². The maximum Gasteiger partial charge on any atom is 0.345 e. The Kier molecular flexibility index (Phi) is 5.65. The number of hydrogen-bond donors (Lipinski definition) is 0. The number of urea groups is 1. The van der Waals surface area contributed by atoms with Gasteiger partial charge in [0.05, 0.1) is 40.2 Å². The van der Waals surface area contributed by atoms with Crippen LogP contribution in [0.4, 0.5) is 10.5 Å². The van der Waals surface area contributed by atoms with Crippen LogP contribution in [0.3, 0.4) is 0 Å². The zero-order chi connectivity index (χ0) is 23.0. The Morgan fingerprint density at radius 1 is 0.906 bits per heavy atom. The Labute approximate surface area is 186 Å². The van der Waals surface area contributed by atoms with E-state index in [0.717, 1.165) is 11.3 Å². The van der Waals surface area contributed by atoms with E-state index in [9.17, 15) is 9.59 Å². The van der Waals surface area contributed by atoms with Gasteiger partial charge in [-0.3, -0.25) is 9.69 Å². The summed E-state index contributed by atoms with van der Waals surface area (Å²) in [7, 11) is 7.82. The fraction of sp³-hybridized carbons (Fsp3) is 0.348. The van der Waals surface area contributed by atoms with Crippen molar-refractivity contribution in [2.45, 2.75) is 18.4 Å². The molecule has 0 unspecified atom stereocenters. The first kappa shape index (κ1) is 21.5. The Morgan fingerprint density at radius 2 is 1.53 bits per heavy atom. The second-order valence-corrected chi connectivity index (χ2v) is 7.50. The van der Waals surface area contributed by atoms with Crippen molar-refractivity contribution in [3.8, 4) is 23.0 Å². The van der Waals surface area contributed by atoms with Crippen LogP contribution in [0.5, 0.6) is 23.0 Å². The van der Waals surface area contributed by atoms with Gasteiger partial charge >= 0.3 is 6.03 Å². The number of fused-ring (bicyclic) bond motifs is 1. The highest BCUT2D eigenvalue weighted by Crippen LogP contribution is 2.44. The molecule has 4 rings (SSSR count). The molecule has 32 heavy (non-hydrogen) atoms. The van der Waals surface area contributed by atoms with Gasteiger partial charge < -0.3 is 23.8 Å². The Balaban J connectivity index is 1.79. The predicted molar refractivity (Wildman–Crippen MR) is 118 cm³/mol. The molecule has 2 aromatic carbocycles. The molecule has 3 amide bonds. The standard InChI is InChI=1S/C23H25N3O6/c1-25-20-16(13-6-8-15(29-2)9-7-13)12-19(27)26(22(20)24-23(25)28)14-10-17(30-3)21(32-5)18(11-14)31-4/h6-11,16,20H,12H2,1-5H3/t16-,20-/m1/s1. The first-order valence-electron chi connectivity index (χ1n) is 10.1. The van der Waals surface area contributed by atoms with Crippen molar-refractivity contribution in [1.29, 1.82) is 0 Å². The maximum atomic E-state index is 13.4. The number of amides is 3. The predicted octanol–water partition coefficient (Wildman–Crippen LogP) is 3.07. The summed E-state index contributed by atoms with van der Waals surface area (Å²) in [5.41, 5.74) is 1.42. The van der Waals surface area contributed by atoms with Crippen LogP contribution in [0, 0.1) is 0 Å². The zero-order valence-corrected chi connectivity index (χ0v) is 18.6. The van der Waals surface area contributed by atoms with Gasteiger partial charge in [-0.15, -0.1) is 0 Å². The minimum atomic E-state index is -0.396. The molecule has 2 aliphatic heterocycles. The monoisotopic (exact) mass is 439 g/mol. The van der Waals surface area contributed by atoms with Crippen LogP contribution < -0.4 is 23.8 Å². The number of anilines is 1. The van der Waals surface area contributed by atoms with E-state index in [1.807, 2.05) is 24.3 Å². The number of rotatable bonds is 6. The number of amidine groups is 1. The van der Waals surface area contributed by atoms with E-state index in [4.69, 9.17) is 18.9 Å². The Bertz CT molecular complexity index is 1060. The summed E-state index contributed by atoms with van der Waals surface area (Å²) in [6.45, 7) is 0. The molecule has 9 heteroatoms. The number of methoxy groups -OCH3 is 4. The van der Waals surface area contributed by atoms with E-state index in [1.54, 1.807) is 31.2 Å². The molecule has 2 heterocycles. The van der Waals surface area contributed by atoms with E-state index in [-0.39, 0.29) is 18.2 Å². The lowest BCUT2D eigenvalue weighted by Crippen LogP contribution is -2.54. The molecule has 1 fully saturated rings. The normalized spacial score (nSPS) is 20.1. The second-order valence-electron chi connectivity index (χ2n) is 7.50. The fourth-order valence-corrected chi connectivity index (χ4v) is 4.31. The highest BCUT2D eigenvalue weighted by atomic mass is 16.5. The average Bonchev–Trinajstić information content (AvgIpc) is 3.11.